The largest absolute Gasteiger partial charge is 0.456 e. The van der Waals surface area contributed by atoms with Crippen LogP contribution in [0.1, 0.15) is 11.3 Å². The SMILES string of the molecule is Cc1ccc(-c2cncc3cc(C=C4SC(=S)NC4=O)oc23)cc1N. The van der Waals surface area contributed by atoms with Crippen molar-refractivity contribution in [1.29, 1.82) is 0 Å². The number of carbonyl (C=O) groups excluding carboxylic acids is 1. The fourth-order valence-corrected chi connectivity index (χ4v) is 3.64. The van der Waals surface area contributed by atoms with E-state index >= 15 is 0 Å². The Morgan fingerprint density at radius 1 is 1.32 bits per heavy atom. The number of hydrogen-bond acceptors (Lipinski definition) is 6. The maximum atomic E-state index is 11.8. The highest BCUT2D eigenvalue weighted by Crippen LogP contribution is 2.33. The first kappa shape index (κ1) is 15.9. The van der Waals surface area contributed by atoms with E-state index in [1.807, 2.05) is 31.2 Å². The molecule has 1 fully saturated rings. The number of carbonyl (C=O) groups is 1. The van der Waals surface area contributed by atoms with Gasteiger partial charge in [0.1, 0.15) is 15.7 Å². The number of thiocarbonyl (C=S) groups is 1. The van der Waals surface area contributed by atoms with Gasteiger partial charge in [-0.15, -0.1) is 0 Å². The van der Waals surface area contributed by atoms with Crippen molar-refractivity contribution in [2.45, 2.75) is 6.92 Å². The molecule has 7 heteroatoms. The summed E-state index contributed by atoms with van der Waals surface area (Å²) in [5.41, 5.74) is 10.3. The van der Waals surface area contributed by atoms with Crippen LogP contribution in [-0.4, -0.2) is 15.2 Å². The molecule has 1 aliphatic heterocycles. The number of hydrogen-bond donors (Lipinski definition) is 2. The number of benzene rings is 1. The molecule has 124 valence electrons. The van der Waals surface area contributed by atoms with Crippen LogP contribution in [-0.2, 0) is 4.79 Å². The van der Waals surface area contributed by atoms with E-state index in [1.54, 1.807) is 18.5 Å². The second kappa shape index (κ2) is 6.02. The van der Waals surface area contributed by atoms with E-state index in [9.17, 15) is 4.79 Å². The number of amides is 1. The predicted molar refractivity (Wildman–Crippen MR) is 105 cm³/mol. The summed E-state index contributed by atoms with van der Waals surface area (Å²) in [6, 6.07) is 7.72. The molecule has 1 saturated heterocycles. The molecule has 0 atom stereocenters. The number of fused-ring (bicyclic) bond motifs is 1. The van der Waals surface area contributed by atoms with Crippen molar-refractivity contribution in [3.8, 4) is 11.1 Å². The van der Waals surface area contributed by atoms with E-state index in [-0.39, 0.29) is 5.91 Å². The zero-order valence-corrected chi connectivity index (χ0v) is 14.8. The van der Waals surface area contributed by atoms with Crippen LogP contribution in [0.25, 0.3) is 28.2 Å². The van der Waals surface area contributed by atoms with Crippen LogP contribution in [0.5, 0.6) is 0 Å². The predicted octanol–water partition coefficient (Wildman–Crippen LogP) is 3.87. The highest BCUT2D eigenvalue weighted by Gasteiger charge is 2.22. The van der Waals surface area contributed by atoms with Gasteiger partial charge in [-0.25, -0.2) is 0 Å². The normalized spacial score (nSPS) is 16.0. The van der Waals surface area contributed by atoms with E-state index < -0.39 is 0 Å². The van der Waals surface area contributed by atoms with Gasteiger partial charge in [0.05, 0.1) is 4.91 Å². The van der Waals surface area contributed by atoms with Crippen LogP contribution in [0.2, 0.25) is 0 Å². The first-order valence-corrected chi connectivity index (χ1v) is 8.72. The van der Waals surface area contributed by atoms with Crippen molar-refractivity contribution in [1.82, 2.24) is 10.3 Å². The number of nitrogen functional groups attached to an aromatic ring is 1. The number of anilines is 1. The lowest BCUT2D eigenvalue weighted by molar-refractivity contribution is -0.115. The van der Waals surface area contributed by atoms with E-state index in [0.717, 1.165) is 27.8 Å². The standard InChI is InChI=1S/C18H13N3O2S2/c1-9-2-3-10(5-14(9)19)13-8-20-7-11-4-12(23-16(11)13)6-15-17(22)21-18(24)25-15/h2-8H,19H2,1H3,(H,21,22,24). The third kappa shape index (κ3) is 2.92. The van der Waals surface area contributed by atoms with E-state index in [4.69, 9.17) is 22.4 Å². The van der Waals surface area contributed by atoms with Gasteiger partial charge in [0.25, 0.3) is 5.91 Å². The van der Waals surface area contributed by atoms with E-state index in [2.05, 4.69) is 10.3 Å². The molecule has 5 nitrogen and oxygen atoms in total. The molecule has 0 aliphatic carbocycles. The first-order valence-electron chi connectivity index (χ1n) is 7.50. The maximum Gasteiger partial charge on any atom is 0.263 e. The third-order valence-electron chi connectivity index (χ3n) is 3.95. The molecule has 3 N–H and O–H groups in total. The minimum absolute atomic E-state index is 0.208. The highest BCUT2D eigenvalue weighted by atomic mass is 32.2. The number of thioether (sulfide) groups is 1. The maximum absolute atomic E-state index is 11.8. The number of aromatic nitrogens is 1. The average molecular weight is 367 g/mol. The van der Waals surface area contributed by atoms with Crippen LogP contribution in [0.15, 0.2) is 46.0 Å². The monoisotopic (exact) mass is 367 g/mol. The molecule has 3 aromatic rings. The minimum atomic E-state index is -0.208. The Bertz CT molecular complexity index is 1070. The molecule has 0 spiro atoms. The van der Waals surface area contributed by atoms with Gasteiger partial charge in [0, 0.05) is 35.1 Å². The second-order valence-electron chi connectivity index (χ2n) is 5.68. The molecule has 25 heavy (non-hydrogen) atoms. The summed E-state index contributed by atoms with van der Waals surface area (Å²) in [7, 11) is 0. The summed E-state index contributed by atoms with van der Waals surface area (Å²) in [6.45, 7) is 1.96. The van der Waals surface area contributed by atoms with Crippen LogP contribution in [0.4, 0.5) is 5.69 Å². The van der Waals surface area contributed by atoms with Crippen molar-refractivity contribution < 1.29 is 9.21 Å². The molecule has 3 heterocycles. The van der Waals surface area contributed by atoms with Gasteiger partial charge in [-0.05, 0) is 30.2 Å². The Labute approximate surface area is 153 Å². The molecule has 1 aliphatic rings. The highest BCUT2D eigenvalue weighted by molar-refractivity contribution is 8.26. The fourth-order valence-electron chi connectivity index (χ4n) is 2.62. The number of aryl methyl sites for hydroxylation is 1. The lowest BCUT2D eigenvalue weighted by Crippen LogP contribution is -2.17. The van der Waals surface area contributed by atoms with Crippen LogP contribution in [0, 0.1) is 6.92 Å². The summed E-state index contributed by atoms with van der Waals surface area (Å²) in [5.74, 6) is 0.367. The van der Waals surface area contributed by atoms with Crippen molar-refractivity contribution in [2.24, 2.45) is 0 Å². The molecular weight excluding hydrogens is 354 g/mol. The van der Waals surface area contributed by atoms with Gasteiger partial charge in [-0.1, -0.05) is 36.1 Å². The summed E-state index contributed by atoms with van der Waals surface area (Å²) in [5, 5.41) is 3.44. The Morgan fingerprint density at radius 3 is 2.88 bits per heavy atom. The lowest BCUT2D eigenvalue weighted by Gasteiger charge is -2.05. The van der Waals surface area contributed by atoms with Crippen molar-refractivity contribution in [3.05, 3.63) is 52.9 Å². The Kier molecular flexibility index (Phi) is 3.82. The van der Waals surface area contributed by atoms with Gasteiger partial charge in [0.15, 0.2) is 0 Å². The number of nitrogens with two attached hydrogens (primary N) is 1. The fraction of sp³-hybridized carbons (Fsp3) is 0.0556. The Morgan fingerprint density at radius 2 is 2.16 bits per heavy atom. The van der Waals surface area contributed by atoms with E-state index in [0.29, 0.717) is 20.6 Å². The second-order valence-corrected chi connectivity index (χ2v) is 7.40. The molecule has 4 rings (SSSR count). The first-order chi connectivity index (χ1) is 12.0. The van der Waals surface area contributed by atoms with Gasteiger partial charge in [-0.2, -0.15) is 0 Å². The van der Waals surface area contributed by atoms with Crippen molar-refractivity contribution in [3.63, 3.8) is 0 Å². The molecule has 0 radical (unpaired) electrons. The van der Waals surface area contributed by atoms with E-state index in [1.165, 1.54) is 11.8 Å². The average Bonchev–Trinajstić information content (AvgIpc) is 3.12. The van der Waals surface area contributed by atoms with Gasteiger partial charge >= 0.3 is 0 Å². The summed E-state index contributed by atoms with van der Waals surface area (Å²) < 4.78 is 6.42. The number of nitrogens with one attached hydrogen (secondary N) is 1. The zero-order chi connectivity index (χ0) is 17.6. The number of furan rings is 1. The van der Waals surface area contributed by atoms with Gasteiger partial charge in [0.2, 0.25) is 0 Å². The summed E-state index contributed by atoms with van der Waals surface area (Å²) in [6.07, 6.45) is 5.17. The molecule has 0 unspecified atom stereocenters. The quantitative estimate of drug-likeness (QED) is 0.406. The number of rotatable bonds is 2. The van der Waals surface area contributed by atoms with Crippen molar-refractivity contribution in [2.75, 3.05) is 5.73 Å². The topological polar surface area (TPSA) is 81.2 Å². The Balaban J connectivity index is 1.81. The van der Waals surface area contributed by atoms with Crippen molar-refractivity contribution >= 4 is 56.9 Å². The molecule has 2 aromatic heterocycles. The van der Waals surface area contributed by atoms with Crippen LogP contribution >= 0.6 is 24.0 Å². The third-order valence-corrected chi connectivity index (χ3v) is 5.11. The smallest absolute Gasteiger partial charge is 0.263 e. The number of pyridine rings is 1. The summed E-state index contributed by atoms with van der Waals surface area (Å²) >= 11 is 6.22. The molecule has 0 bridgehead atoms. The van der Waals surface area contributed by atoms with Crippen LogP contribution in [0.3, 0.4) is 0 Å². The van der Waals surface area contributed by atoms with Gasteiger partial charge in [-0.3, -0.25) is 9.78 Å². The minimum Gasteiger partial charge on any atom is -0.456 e. The number of nitrogens with zero attached hydrogens (tertiary/aromatic N) is 1. The molecule has 0 saturated carbocycles. The molecule has 1 aromatic carbocycles. The summed E-state index contributed by atoms with van der Waals surface area (Å²) in [4.78, 5) is 16.6. The molecular formula is C18H13N3O2S2. The zero-order valence-electron chi connectivity index (χ0n) is 13.2. The van der Waals surface area contributed by atoms with Gasteiger partial charge < -0.3 is 15.5 Å². The molecule has 1 amide bonds. The Hall–Kier alpha value is -2.64. The lowest BCUT2D eigenvalue weighted by atomic mass is 10.0. The van der Waals surface area contributed by atoms with Crippen LogP contribution < -0.4 is 11.1 Å².